The van der Waals surface area contributed by atoms with Gasteiger partial charge in [-0.2, -0.15) is 5.26 Å². The maximum Gasteiger partial charge on any atom is 0.140 e. The molecule has 0 atom stereocenters. The maximum absolute atomic E-state index is 9.03. The Kier molecular flexibility index (Phi) is 5.44. The molecule has 1 heterocycles. The van der Waals surface area contributed by atoms with Crippen LogP contribution in [0, 0.1) is 25.2 Å². The van der Waals surface area contributed by atoms with Crippen molar-refractivity contribution in [3.63, 3.8) is 0 Å². The van der Waals surface area contributed by atoms with E-state index in [1.807, 2.05) is 13.8 Å². The van der Waals surface area contributed by atoms with Crippen LogP contribution in [0.5, 0.6) is 5.75 Å². The van der Waals surface area contributed by atoms with Gasteiger partial charge in [0.25, 0.3) is 0 Å². The van der Waals surface area contributed by atoms with Crippen LogP contribution in [0.15, 0.2) is 6.07 Å². The normalized spacial score (nSPS) is 10.0. The second kappa shape index (κ2) is 6.87. The van der Waals surface area contributed by atoms with E-state index in [4.69, 9.17) is 14.7 Å². The number of nitriles is 1. The highest BCUT2D eigenvalue weighted by atomic mass is 16.5. The number of nitrogens with zero attached hydrogens (tertiary/aromatic N) is 2. The summed E-state index contributed by atoms with van der Waals surface area (Å²) >= 11 is 0. The molecule has 0 aliphatic rings. The first-order chi connectivity index (χ1) is 8.19. The van der Waals surface area contributed by atoms with Gasteiger partial charge in [-0.1, -0.05) is 6.92 Å². The molecule has 0 amide bonds. The number of rotatable bonds is 6. The van der Waals surface area contributed by atoms with Gasteiger partial charge in [0.2, 0.25) is 0 Å². The smallest absolute Gasteiger partial charge is 0.140 e. The van der Waals surface area contributed by atoms with Crippen LogP contribution < -0.4 is 4.74 Å². The first kappa shape index (κ1) is 13.5. The van der Waals surface area contributed by atoms with Crippen molar-refractivity contribution >= 4 is 0 Å². The molecule has 0 radical (unpaired) electrons. The van der Waals surface area contributed by atoms with E-state index in [0.717, 1.165) is 18.7 Å². The summed E-state index contributed by atoms with van der Waals surface area (Å²) in [6.45, 7) is 7.49. The van der Waals surface area contributed by atoms with Crippen LogP contribution in [0.2, 0.25) is 0 Å². The summed E-state index contributed by atoms with van der Waals surface area (Å²) in [6, 6.07) is 3.90. The molecule has 0 N–H and O–H groups in total. The molecule has 92 valence electrons. The third-order valence-electron chi connectivity index (χ3n) is 2.24. The largest absolute Gasteiger partial charge is 0.490 e. The number of hydrogen-bond donors (Lipinski definition) is 0. The molecule has 0 aliphatic heterocycles. The molecule has 17 heavy (non-hydrogen) atoms. The average molecular weight is 234 g/mol. The van der Waals surface area contributed by atoms with E-state index in [1.54, 1.807) is 6.07 Å². The van der Waals surface area contributed by atoms with Gasteiger partial charge in [0.05, 0.1) is 12.3 Å². The van der Waals surface area contributed by atoms with Crippen LogP contribution >= 0.6 is 0 Å². The molecule has 4 nitrogen and oxygen atoms in total. The fraction of sp³-hybridized carbons (Fsp3) is 0.538. The zero-order valence-corrected chi connectivity index (χ0v) is 10.6. The minimum Gasteiger partial charge on any atom is -0.490 e. The van der Waals surface area contributed by atoms with Crippen LogP contribution in [0.4, 0.5) is 0 Å². The van der Waals surface area contributed by atoms with Crippen molar-refractivity contribution in [1.82, 2.24) is 4.98 Å². The highest BCUT2D eigenvalue weighted by Crippen LogP contribution is 2.20. The van der Waals surface area contributed by atoms with Crippen LogP contribution in [0.25, 0.3) is 0 Å². The third-order valence-corrected chi connectivity index (χ3v) is 2.24. The lowest BCUT2D eigenvalue weighted by Gasteiger charge is -2.10. The SMILES string of the molecule is CCCOCCOc1cc(C)nc(C)c1C#N. The Labute approximate surface area is 102 Å². The molecular formula is C13H18N2O2. The molecule has 1 rings (SSSR count). The molecule has 0 saturated heterocycles. The Morgan fingerprint density at radius 2 is 2.06 bits per heavy atom. The fourth-order valence-corrected chi connectivity index (χ4v) is 1.50. The standard InChI is InChI=1S/C13H18N2O2/c1-4-5-16-6-7-17-13-8-10(2)15-11(3)12(13)9-14/h8H,4-7H2,1-3H3. The van der Waals surface area contributed by atoms with Gasteiger partial charge in [0, 0.05) is 18.4 Å². The van der Waals surface area contributed by atoms with Gasteiger partial charge < -0.3 is 9.47 Å². The van der Waals surface area contributed by atoms with Crippen molar-refractivity contribution in [2.45, 2.75) is 27.2 Å². The van der Waals surface area contributed by atoms with Crippen molar-refractivity contribution in [3.05, 3.63) is 23.0 Å². The summed E-state index contributed by atoms with van der Waals surface area (Å²) in [5, 5.41) is 9.03. The predicted octanol–water partition coefficient (Wildman–Crippen LogP) is 2.38. The zero-order chi connectivity index (χ0) is 12.7. The number of aryl methyl sites for hydroxylation is 2. The highest BCUT2D eigenvalue weighted by Gasteiger charge is 2.08. The summed E-state index contributed by atoms with van der Waals surface area (Å²) in [5.74, 6) is 0.595. The molecule has 0 fully saturated rings. The van der Waals surface area contributed by atoms with Crippen LogP contribution in [0.3, 0.4) is 0 Å². The Morgan fingerprint density at radius 3 is 2.71 bits per heavy atom. The van der Waals surface area contributed by atoms with Crippen molar-refractivity contribution in [1.29, 1.82) is 5.26 Å². The molecule has 0 saturated carbocycles. The summed E-state index contributed by atoms with van der Waals surface area (Å²) in [4.78, 5) is 4.23. The number of hydrogen-bond acceptors (Lipinski definition) is 4. The molecule has 0 bridgehead atoms. The lowest BCUT2D eigenvalue weighted by molar-refractivity contribution is 0.100. The highest BCUT2D eigenvalue weighted by molar-refractivity contribution is 5.46. The van der Waals surface area contributed by atoms with E-state index >= 15 is 0 Å². The van der Waals surface area contributed by atoms with E-state index in [9.17, 15) is 0 Å². The summed E-state index contributed by atoms with van der Waals surface area (Å²) in [7, 11) is 0. The van der Waals surface area contributed by atoms with E-state index in [1.165, 1.54) is 0 Å². The number of ether oxygens (including phenoxy) is 2. The Morgan fingerprint density at radius 1 is 1.29 bits per heavy atom. The molecule has 0 spiro atoms. The monoisotopic (exact) mass is 234 g/mol. The van der Waals surface area contributed by atoms with Crippen LogP contribution in [-0.2, 0) is 4.74 Å². The second-order valence-electron chi connectivity index (χ2n) is 3.79. The zero-order valence-electron chi connectivity index (χ0n) is 10.6. The molecule has 1 aromatic heterocycles. The van der Waals surface area contributed by atoms with Gasteiger partial charge >= 0.3 is 0 Å². The quantitative estimate of drug-likeness (QED) is 0.709. The van der Waals surface area contributed by atoms with Crippen LogP contribution in [-0.4, -0.2) is 24.8 Å². The number of pyridine rings is 1. The van der Waals surface area contributed by atoms with E-state index < -0.39 is 0 Å². The number of aromatic nitrogens is 1. The van der Waals surface area contributed by atoms with Gasteiger partial charge in [-0.3, -0.25) is 4.98 Å². The lowest BCUT2D eigenvalue weighted by atomic mass is 10.2. The van der Waals surface area contributed by atoms with Gasteiger partial charge in [0.15, 0.2) is 0 Å². The van der Waals surface area contributed by atoms with E-state index in [0.29, 0.717) is 30.2 Å². The van der Waals surface area contributed by atoms with Crippen molar-refractivity contribution in [2.75, 3.05) is 19.8 Å². The van der Waals surface area contributed by atoms with Gasteiger partial charge in [0.1, 0.15) is 24.0 Å². The average Bonchev–Trinajstić information content (AvgIpc) is 2.28. The van der Waals surface area contributed by atoms with Crippen molar-refractivity contribution in [2.24, 2.45) is 0 Å². The molecular weight excluding hydrogens is 216 g/mol. The van der Waals surface area contributed by atoms with E-state index in [2.05, 4.69) is 18.0 Å². The summed E-state index contributed by atoms with van der Waals surface area (Å²) in [5.41, 5.74) is 2.06. The third kappa shape index (κ3) is 4.04. The van der Waals surface area contributed by atoms with Gasteiger partial charge in [-0.15, -0.1) is 0 Å². The minimum atomic E-state index is 0.456. The Balaban J connectivity index is 2.61. The molecule has 0 aromatic carbocycles. The lowest BCUT2D eigenvalue weighted by Crippen LogP contribution is -2.09. The topological polar surface area (TPSA) is 55.1 Å². The first-order valence-corrected chi connectivity index (χ1v) is 5.78. The fourth-order valence-electron chi connectivity index (χ4n) is 1.50. The maximum atomic E-state index is 9.03. The summed E-state index contributed by atoms with van der Waals surface area (Å²) < 4.78 is 10.9. The Hall–Kier alpha value is -1.60. The van der Waals surface area contributed by atoms with Crippen LogP contribution in [0.1, 0.15) is 30.3 Å². The van der Waals surface area contributed by atoms with Crippen molar-refractivity contribution in [3.8, 4) is 11.8 Å². The van der Waals surface area contributed by atoms with Gasteiger partial charge in [-0.25, -0.2) is 0 Å². The van der Waals surface area contributed by atoms with Crippen molar-refractivity contribution < 1.29 is 9.47 Å². The molecule has 1 aromatic rings. The Bertz CT molecular complexity index is 411. The molecule has 0 unspecified atom stereocenters. The second-order valence-corrected chi connectivity index (χ2v) is 3.79. The predicted molar refractivity (Wildman–Crippen MR) is 65.0 cm³/mol. The first-order valence-electron chi connectivity index (χ1n) is 5.78. The minimum absolute atomic E-state index is 0.456. The molecule has 4 heteroatoms. The summed E-state index contributed by atoms with van der Waals surface area (Å²) in [6.07, 6.45) is 0.997. The van der Waals surface area contributed by atoms with E-state index in [-0.39, 0.29) is 0 Å². The van der Waals surface area contributed by atoms with Gasteiger partial charge in [-0.05, 0) is 20.3 Å². The molecule has 0 aliphatic carbocycles.